The molecule has 0 saturated carbocycles. The lowest BCUT2D eigenvalue weighted by Crippen LogP contribution is -2.50. The Hall–Kier alpha value is -1.87. The molecule has 8 heteroatoms. The number of aromatic nitrogens is 2. The van der Waals surface area contributed by atoms with Gasteiger partial charge >= 0.3 is 0 Å². The van der Waals surface area contributed by atoms with Crippen LogP contribution in [0, 0.1) is 11.2 Å². The highest BCUT2D eigenvalue weighted by atomic mass is 32.2. The second-order valence-electron chi connectivity index (χ2n) is 8.61. The minimum Gasteiger partial charge on any atom is -0.382 e. The number of nitrogens with zero attached hydrogens (tertiary/aromatic N) is 3. The zero-order valence-electron chi connectivity index (χ0n) is 18.9. The molecule has 6 nitrogen and oxygen atoms in total. The molecule has 1 aromatic carbocycles. The average molecular weight is 462 g/mol. The largest absolute Gasteiger partial charge is 0.382 e. The summed E-state index contributed by atoms with van der Waals surface area (Å²) in [6, 6.07) is 6.40. The van der Waals surface area contributed by atoms with Gasteiger partial charge in [0.2, 0.25) is 0 Å². The summed E-state index contributed by atoms with van der Waals surface area (Å²) in [6.07, 6.45) is 7.76. The maximum atomic E-state index is 13.4. The highest BCUT2D eigenvalue weighted by Gasteiger charge is 2.44. The van der Waals surface area contributed by atoms with Gasteiger partial charge in [-0.1, -0.05) is 18.9 Å². The average Bonchev–Trinajstić information content (AvgIpc) is 3.21. The first kappa shape index (κ1) is 23.3. The number of rotatable bonds is 10. The monoisotopic (exact) mass is 461 g/mol. The number of ether oxygens (including phenoxy) is 2. The molecule has 0 spiro atoms. The smallest absolute Gasteiger partial charge is 0.123 e. The number of hydrogen-bond acceptors (Lipinski definition) is 4. The summed E-state index contributed by atoms with van der Waals surface area (Å²) in [5, 5.41) is 4.61. The molecule has 1 aromatic heterocycles. The van der Waals surface area contributed by atoms with Gasteiger partial charge in [0, 0.05) is 31.4 Å². The number of benzene rings is 1. The van der Waals surface area contributed by atoms with Crippen LogP contribution in [0.5, 0.6) is 0 Å². The summed E-state index contributed by atoms with van der Waals surface area (Å²) in [5.41, 5.74) is 4.10. The van der Waals surface area contributed by atoms with E-state index in [1.165, 1.54) is 17.7 Å². The molecule has 2 heterocycles. The molecule has 1 unspecified atom stereocenters. The Labute approximate surface area is 192 Å². The molecule has 174 valence electrons. The van der Waals surface area contributed by atoms with Crippen molar-refractivity contribution in [3.8, 4) is 5.69 Å². The molecule has 1 aliphatic carbocycles. The molecule has 0 radical (unpaired) electrons. The van der Waals surface area contributed by atoms with Crippen molar-refractivity contribution in [3.05, 3.63) is 53.1 Å². The van der Waals surface area contributed by atoms with Crippen molar-refractivity contribution < 1.29 is 18.1 Å². The number of fused-ring (bicyclic) bond motifs is 2. The lowest BCUT2D eigenvalue weighted by Gasteiger charge is -2.45. The third kappa shape index (κ3) is 4.88. The second-order valence-corrected chi connectivity index (χ2v) is 10.2. The normalized spacial score (nSPS) is 21.7. The van der Waals surface area contributed by atoms with Crippen LogP contribution in [0.3, 0.4) is 0 Å². The van der Waals surface area contributed by atoms with E-state index in [2.05, 4.69) is 22.4 Å². The second kappa shape index (κ2) is 10.4. The van der Waals surface area contributed by atoms with Crippen LogP contribution in [0.15, 0.2) is 36.0 Å². The van der Waals surface area contributed by atoms with E-state index in [9.17, 15) is 8.60 Å². The summed E-state index contributed by atoms with van der Waals surface area (Å²) in [4.78, 5) is 0. The predicted octanol–water partition coefficient (Wildman–Crippen LogP) is 3.77. The van der Waals surface area contributed by atoms with Gasteiger partial charge in [-0.25, -0.2) is 17.6 Å². The number of unbranched alkanes of at least 4 members (excludes halogenated alkanes) is 1. The van der Waals surface area contributed by atoms with Crippen molar-refractivity contribution in [2.75, 3.05) is 45.8 Å². The van der Waals surface area contributed by atoms with Crippen molar-refractivity contribution >= 4 is 17.1 Å². The Morgan fingerprint density at radius 2 is 2.06 bits per heavy atom. The van der Waals surface area contributed by atoms with Gasteiger partial charge in [0.15, 0.2) is 0 Å². The summed E-state index contributed by atoms with van der Waals surface area (Å²) in [5.74, 6) is 0.452. The first-order valence-electron chi connectivity index (χ1n) is 11.3. The van der Waals surface area contributed by atoms with E-state index in [1.807, 2.05) is 10.9 Å². The molecule has 0 N–H and O–H groups in total. The van der Waals surface area contributed by atoms with Gasteiger partial charge < -0.3 is 9.47 Å². The third-order valence-corrected chi connectivity index (χ3v) is 7.88. The van der Waals surface area contributed by atoms with E-state index in [0.717, 1.165) is 49.2 Å². The van der Waals surface area contributed by atoms with Crippen LogP contribution in [0.25, 0.3) is 11.8 Å². The molecule has 1 fully saturated rings. The molecule has 32 heavy (non-hydrogen) atoms. The molecule has 0 amide bonds. The fourth-order valence-corrected chi connectivity index (χ4v) is 6.07. The Bertz CT molecular complexity index is 975. The van der Waals surface area contributed by atoms with Crippen molar-refractivity contribution in [3.63, 3.8) is 0 Å². The van der Waals surface area contributed by atoms with Gasteiger partial charge in [-0.3, -0.25) is 0 Å². The van der Waals surface area contributed by atoms with Gasteiger partial charge in [0.25, 0.3) is 0 Å². The van der Waals surface area contributed by atoms with Crippen LogP contribution in [0.1, 0.15) is 37.4 Å². The van der Waals surface area contributed by atoms with E-state index in [4.69, 9.17) is 9.47 Å². The number of hydrogen-bond donors (Lipinski definition) is 0. The Morgan fingerprint density at radius 1 is 1.25 bits per heavy atom. The summed E-state index contributed by atoms with van der Waals surface area (Å²) < 4.78 is 41.5. The van der Waals surface area contributed by atoms with Gasteiger partial charge in [-0.15, -0.1) is 0 Å². The molecule has 1 aliphatic heterocycles. The molecular formula is C24H32FN3O3S. The van der Waals surface area contributed by atoms with Gasteiger partial charge in [0.05, 0.1) is 48.4 Å². The summed E-state index contributed by atoms with van der Waals surface area (Å²) in [7, 11) is 0.698. The lowest BCUT2D eigenvalue weighted by atomic mass is 9.69. The standard InChI is InChI=1S/C24H32FN3O3S/c1-3-4-13-32(29)27-10-9-20-14-23-19(15-24(20,17-27)18-31-12-11-30-2)16-26-28(23)22-7-5-21(25)6-8-22/h5-8,14,16H,3-4,9-13,15,17-18H2,1-2H3/t24-,32?/m1/s1. The van der Waals surface area contributed by atoms with Gasteiger partial charge in [0.1, 0.15) is 5.82 Å². The quantitative estimate of drug-likeness (QED) is 0.506. The number of halogens is 1. The zero-order chi connectivity index (χ0) is 22.6. The first-order chi connectivity index (χ1) is 15.6. The van der Waals surface area contributed by atoms with Crippen LogP contribution in [0.2, 0.25) is 0 Å². The van der Waals surface area contributed by atoms with E-state index in [-0.39, 0.29) is 11.2 Å². The highest BCUT2D eigenvalue weighted by Crippen LogP contribution is 2.44. The van der Waals surface area contributed by atoms with Gasteiger partial charge in [-0.2, -0.15) is 5.10 Å². The molecule has 0 bridgehead atoms. The number of piperidine rings is 1. The van der Waals surface area contributed by atoms with Crippen molar-refractivity contribution in [1.29, 1.82) is 0 Å². The fourth-order valence-electron chi connectivity index (χ4n) is 4.59. The van der Waals surface area contributed by atoms with Crippen LogP contribution < -0.4 is 0 Å². The summed E-state index contributed by atoms with van der Waals surface area (Å²) in [6.45, 7) is 5.26. The molecule has 4 rings (SSSR count). The lowest BCUT2D eigenvalue weighted by molar-refractivity contribution is 0.0152. The van der Waals surface area contributed by atoms with E-state index in [1.54, 1.807) is 19.2 Å². The maximum absolute atomic E-state index is 13.4. The number of methoxy groups -OCH3 is 1. The van der Waals surface area contributed by atoms with Crippen molar-refractivity contribution in [2.24, 2.45) is 5.41 Å². The van der Waals surface area contributed by atoms with Crippen LogP contribution >= 0.6 is 0 Å². The zero-order valence-corrected chi connectivity index (χ0v) is 19.7. The molecule has 1 saturated heterocycles. The van der Waals surface area contributed by atoms with Crippen LogP contribution in [-0.2, 0) is 26.9 Å². The topological polar surface area (TPSA) is 56.6 Å². The fraction of sp³-hybridized carbons (Fsp3) is 0.542. The van der Waals surface area contributed by atoms with Gasteiger partial charge in [-0.05, 0) is 55.2 Å². The van der Waals surface area contributed by atoms with E-state index >= 15 is 0 Å². The Kier molecular flexibility index (Phi) is 7.55. The van der Waals surface area contributed by atoms with E-state index in [0.29, 0.717) is 32.1 Å². The van der Waals surface area contributed by atoms with Crippen LogP contribution in [0.4, 0.5) is 4.39 Å². The SMILES string of the molecule is CCCCS(=O)N1CCC2=Cc3c(cnn3-c3ccc(F)cc3)C[C@]2(COCCOC)C1. The van der Waals surface area contributed by atoms with E-state index < -0.39 is 11.0 Å². The highest BCUT2D eigenvalue weighted by molar-refractivity contribution is 7.82. The van der Waals surface area contributed by atoms with Crippen LogP contribution in [-0.4, -0.2) is 64.1 Å². The minimum absolute atomic E-state index is 0.225. The van der Waals surface area contributed by atoms with Crippen molar-refractivity contribution in [1.82, 2.24) is 14.1 Å². The molecule has 2 aromatic rings. The maximum Gasteiger partial charge on any atom is 0.123 e. The minimum atomic E-state index is -0.971. The molecule has 2 aliphatic rings. The Morgan fingerprint density at radius 3 is 2.81 bits per heavy atom. The predicted molar refractivity (Wildman–Crippen MR) is 124 cm³/mol. The molecule has 2 atom stereocenters. The Balaban J connectivity index is 1.62. The molecular weight excluding hydrogens is 429 g/mol. The van der Waals surface area contributed by atoms with Crippen molar-refractivity contribution in [2.45, 2.75) is 32.6 Å². The first-order valence-corrected chi connectivity index (χ1v) is 12.6. The summed E-state index contributed by atoms with van der Waals surface area (Å²) >= 11 is 0. The third-order valence-electron chi connectivity index (χ3n) is 6.36.